The molecule has 2 rings (SSSR count). The second-order valence-corrected chi connectivity index (χ2v) is 10.00. The number of benzene rings is 2. The molecule has 0 aliphatic rings. The fourth-order valence-corrected chi connectivity index (χ4v) is 3.96. The molecule has 11 nitrogen and oxygen atoms in total. The standard InChI is InChI=1S/C17H16F3IO5S.C6H10N2O4/c1-11-3-6-14(7-4-11)27(22,23)24-10-12(2)25-16-8-5-13(9-15(16)21)26-17(18,19)20;1-3-11-5(9)7-8-6(10)12-4-2/h3-9,12H,10H2,1-2H3;3-4H2,1-2H3. The molecule has 1 atom stereocenters. The quantitative estimate of drug-likeness (QED) is 0.166. The molecule has 0 fully saturated rings. The van der Waals surface area contributed by atoms with Gasteiger partial charge in [0.2, 0.25) is 0 Å². The number of ether oxygens (including phenoxy) is 4. The molecule has 1 unspecified atom stereocenters. The highest BCUT2D eigenvalue weighted by molar-refractivity contribution is 14.1. The third kappa shape index (κ3) is 14.1. The zero-order valence-corrected chi connectivity index (χ0v) is 24.2. The summed E-state index contributed by atoms with van der Waals surface area (Å²) in [5.41, 5.74) is 0.915. The predicted molar refractivity (Wildman–Crippen MR) is 139 cm³/mol. The molecule has 0 saturated carbocycles. The number of amides is 2. The Hall–Kier alpha value is -2.99. The Kier molecular flexibility index (Phi) is 14.1. The average molecular weight is 690 g/mol. The number of nitrogens with zero attached hydrogens (tertiary/aromatic N) is 2. The fraction of sp³-hybridized carbons (Fsp3) is 0.391. The maximum absolute atomic E-state index is 12.2. The molecule has 0 aliphatic heterocycles. The van der Waals surface area contributed by atoms with E-state index in [0.717, 1.165) is 11.6 Å². The molecular weight excluding hydrogens is 664 g/mol. The van der Waals surface area contributed by atoms with Crippen LogP contribution in [0.3, 0.4) is 0 Å². The highest BCUT2D eigenvalue weighted by atomic mass is 127. The summed E-state index contributed by atoms with van der Waals surface area (Å²) in [6.07, 6.45) is -7.24. The highest BCUT2D eigenvalue weighted by Crippen LogP contribution is 2.30. The SMILES string of the molecule is CCOC(=O)N=NC(=O)OCC.Cc1ccc(S(=O)(=O)OCC(C)Oc2ccc(OC(F)(F)F)cc2I)cc1. The molecule has 0 heterocycles. The second-order valence-electron chi connectivity index (χ2n) is 7.22. The van der Waals surface area contributed by atoms with Gasteiger partial charge in [-0.15, -0.1) is 13.2 Å². The van der Waals surface area contributed by atoms with Crippen LogP contribution in [0.15, 0.2) is 57.6 Å². The first-order chi connectivity index (χ1) is 18.2. The number of carbonyl (C=O) groups is 2. The zero-order chi connectivity index (χ0) is 29.6. The molecule has 2 aromatic rings. The number of halogens is 4. The van der Waals surface area contributed by atoms with Gasteiger partial charge in [0.05, 0.1) is 21.7 Å². The van der Waals surface area contributed by atoms with Crippen LogP contribution in [0.25, 0.3) is 0 Å². The van der Waals surface area contributed by atoms with Crippen molar-refractivity contribution in [1.82, 2.24) is 0 Å². The van der Waals surface area contributed by atoms with Crippen LogP contribution in [0.4, 0.5) is 22.8 Å². The Morgan fingerprint density at radius 1 is 0.974 bits per heavy atom. The van der Waals surface area contributed by atoms with Gasteiger partial charge in [-0.25, -0.2) is 9.59 Å². The maximum atomic E-state index is 12.2. The van der Waals surface area contributed by atoms with Gasteiger partial charge in [0.25, 0.3) is 10.1 Å². The number of azo groups is 1. The molecule has 216 valence electrons. The summed E-state index contributed by atoms with van der Waals surface area (Å²) in [4.78, 5) is 21.0. The van der Waals surface area contributed by atoms with E-state index in [2.05, 4.69) is 24.4 Å². The molecule has 0 saturated heterocycles. The van der Waals surface area contributed by atoms with Gasteiger partial charge in [0.15, 0.2) is 0 Å². The van der Waals surface area contributed by atoms with Crippen LogP contribution in [0.1, 0.15) is 26.3 Å². The Balaban J connectivity index is 0.000000534. The monoisotopic (exact) mass is 690 g/mol. The lowest BCUT2D eigenvalue weighted by atomic mass is 10.2. The van der Waals surface area contributed by atoms with Crippen LogP contribution < -0.4 is 9.47 Å². The third-order valence-electron chi connectivity index (χ3n) is 3.98. The lowest BCUT2D eigenvalue weighted by Gasteiger charge is -2.17. The lowest BCUT2D eigenvalue weighted by molar-refractivity contribution is -0.274. The number of hydrogen-bond acceptors (Lipinski definition) is 9. The van der Waals surface area contributed by atoms with Crippen LogP contribution in [-0.4, -0.2) is 52.9 Å². The summed E-state index contributed by atoms with van der Waals surface area (Å²) in [7, 11) is -3.93. The van der Waals surface area contributed by atoms with Gasteiger partial charge in [-0.2, -0.15) is 8.42 Å². The first kappa shape index (κ1) is 34.0. The van der Waals surface area contributed by atoms with Gasteiger partial charge in [0.1, 0.15) is 24.2 Å². The van der Waals surface area contributed by atoms with E-state index in [1.807, 2.05) is 6.92 Å². The second kappa shape index (κ2) is 16.2. The highest BCUT2D eigenvalue weighted by Gasteiger charge is 2.31. The van der Waals surface area contributed by atoms with Crippen molar-refractivity contribution in [3.05, 3.63) is 51.6 Å². The van der Waals surface area contributed by atoms with Crippen molar-refractivity contribution in [3.63, 3.8) is 0 Å². The van der Waals surface area contributed by atoms with Crippen LogP contribution in [0.5, 0.6) is 11.5 Å². The van der Waals surface area contributed by atoms with Crippen molar-refractivity contribution in [2.45, 2.75) is 45.1 Å². The summed E-state index contributed by atoms with van der Waals surface area (Å²) in [6, 6.07) is 9.79. The van der Waals surface area contributed by atoms with E-state index < -0.39 is 34.8 Å². The molecule has 0 aliphatic carbocycles. The number of hydrogen-bond donors (Lipinski definition) is 0. The van der Waals surface area contributed by atoms with Gasteiger partial charge in [-0.1, -0.05) is 27.9 Å². The lowest BCUT2D eigenvalue weighted by Crippen LogP contribution is -2.22. The maximum Gasteiger partial charge on any atom is 0.573 e. The van der Waals surface area contributed by atoms with Crippen molar-refractivity contribution in [3.8, 4) is 11.5 Å². The molecule has 0 spiro atoms. The van der Waals surface area contributed by atoms with Crippen LogP contribution >= 0.6 is 22.6 Å². The van der Waals surface area contributed by atoms with Crippen molar-refractivity contribution >= 4 is 44.9 Å². The smallest absolute Gasteiger partial charge is 0.487 e. The third-order valence-corrected chi connectivity index (χ3v) is 6.12. The summed E-state index contributed by atoms with van der Waals surface area (Å²) < 4.78 is 84.4. The molecule has 0 N–H and O–H groups in total. The molecule has 39 heavy (non-hydrogen) atoms. The number of alkyl halides is 3. The Bertz CT molecular complexity index is 1200. The molecule has 0 aromatic heterocycles. The van der Waals surface area contributed by atoms with E-state index in [1.54, 1.807) is 55.5 Å². The van der Waals surface area contributed by atoms with Crippen LogP contribution in [0.2, 0.25) is 0 Å². The molecule has 2 aromatic carbocycles. The minimum Gasteiger partial charge on any atom is -0.487 e. The Labute approximate surface area is 236 Å². The van der Waals surface area contributed by atoms with E-state index in [0.29, 0.717) is 3.57 Å². The van der Waals surface area contributed by atoms with Crippen molar-refractivity contribution in [1.29, 1.82) is 0 Å². The largest absolute Gasteiger partial charge is 0.573 e. The van der Waals surface area contributed by atoms with E-state index in [9.17, 15) is 31.2 Å². The summed E-state index contributed by atoms with van der Waals surface area (Å²) in [5.74, 6) is -0.0842. The normalized spacial score (nSPS) is 12.2. The van der Waals surface area contributed by atoms with Crippen molar-refractivity contribution < 1.29 is 54.3 Å². The zero-order valence-electron chi connectivity index (χ0n) is 21.2. The van der Waals surface area contributed by atoms with Gasteiger partial charge >= 0.3 is 18.5 Å². The minimum atomic E-state index is -4.78. The molecule has 0 radical (unpaired) electrons. The number of aryl methyl sites for hydroxylation is 1. The Morgan fingerprint density at radius 3 is 1.97 bits per heavy atom. The van der Waals surface area contributed by atoms with E-state index in [4.69, 9.17) is 8.92 Å². The van der Waals surface area contributed by atoms with Crippen molar-refractivity contribution in [2.75, 3.05) is 19.8 Å². The van der Waals surface area contributed by atoms with E-state index >= 15 is 0 Å². The predicted octanol–water partition coefficient (Wildman–Crippen LogP) is 6.42. The summed E-state index contributed by atoms with van der Waals surface area (Å²) in [5, 5.41) is 5.84. The molecule has 16 heteroatoms. The summed E-state index contributed by atoms with van der Waals surface area (Å²) >= 11 is 1.80. The van der Waals surface area contributed by atoms with Gasteiger partial charge < -0.3 is 18.9 Å². The average Bonchev–Trinajstić information content (AvgIpc) is 2.83. The molecule has 0 bridgehead atoms. The van der Waals surface area contributed by atoms with Gasteiger partial charge in [-0.3, -0.25) is 4.18 Å². The first-order valence-corrected chi connectivity index (χ1v) is 13.6. The fourth-order valence-electron chi connectivity index (χ4n) is 2.37. The topological polar surface area (TPSA) is 139 Å². The van der Waals surface area contributed by atoms with E-state index in [1.165, 1.54) is 24.3 Å². The molecule has 2 amide bonds. The van der Waals surface area contributed by atoms with Crippen molar-refractivity contribution in [2.24, 2.45) is 10.2 Å². The first-order valence-electron chi connectivity index (χ1n) is 11.1. The van der Waals surface area contributed by atoms with Gasteiger partial charge in [-0.05, 0) is 80.6 Å². The van der Waals surface area contributed by atoms with E-state index in [-0.39, 0.29) is 36.2 Å². The van der Waals surface area contributed by atoms with Crippen LogP contribution in [0, 0.1) is 10.5 Å². The number of carbonyl (C=O) groups excluding carboxylic acids is 2. The molecular formula is C23H26F3IN2O9S. The summed E-state index contributed by atoms with van der Waals surface area (Å²) in [6.45, 7) is 6.80. The van der Waals surface area contributed by atoms with Crippen LogP contribution in [-0.2, 0) is 23.8 Å². The minimum absolute atomic E-state index is 0.0310. The number of rotatable bonds is 9. The van der Waals surface area contributed by atoms with Gasteiger partial charge in [0, 0.05) is 0 Å². The Morgan fingerprint density at radius 2 is 1.51 bits per heavy atom.